The van der Waals surface area contributed by atoms with Crippen LogP contribution in [-0.2, 0) is 20.8 Å². The minimum atomic E-state index is -0.141. The monoisotopic (exact) mass is 383 g/mol. The van der Waals surface area contributed by atoms with Crippen LogP contribution in [-0.4, -0.2) is 72.2 Å². The summed E-state index contributed by atoms with van der Waals surface area (Å²) in [5.74, 6) is 0.641. The van der Waals surface area contributed by atoms with Crippen LogP contribution in [0.2, 0.25) is 0 Å². The molecule has 3 fully saturated rings. The smallest absolute Gasteiger partial charge is 0.226 e. The first kappa shape index (κ1) is 19.0. The molecule has 3 aliphatic rings. The minimum absolute atomic E-state index is 0.0999. The average molecular weight is 383 g/mol. The molecule has 0 bridgehead atoms. The molecular formula is C22H29N3O3. The summed E-state index contributed by atoms with van der Waals surface area (Å²) >= 11 is 0. The number of carbonyl (C=O) groups is 3. The number of carbonyl (C=O) groups excluding carboxylic acids is 3. The molecule has 1 aromatic carbocycles. The van der Waals surface area contributed by atoms with Crippen molar-refractivity contribution in [3.63, 3.8) is 0 Å². The number of amides is 3. The summed E-state index contributed by atoms with van der Waals surface area (Å²) in [4.78, 5) is 41.8. The highest BCUT2D eigenvalue weighted by Gasteiger charge is 2.51. The van der Waals surface area contributed by atoms with Gasteiger partial charge in [-0.3, -0.25) is 14.4 Å². The van der Waals surface area contributed by atoms with Crippen LogP contribution in [0.1, 0.15) is 24.8 Å². The quantitative estimate of drug-likeness (QED) is 0.723. The molecule has 3 amide bonds. The fraction of sp³-hybridized carbons (Fsp3) is 0.591. The number of piperidine rings is 1. The molecule has 2 saturated heterocycles. The molecule has 1 aliphatic carbocycles. The third kappa shape index (κ3) is 4.21. The average Bonchev–Trinajstić information content (AvgIpc) is 3.55. The second-order valence-electron chi connectivity index (χ2n) is 8.37. The zero-order chi connectivity index (χ0) is 19.5. The van der Waals surface area contributed by atoms with Gasteiger partial charge in [0.1, 0.15) is 0 Å². The van der Waals surface area contributed by atoms with Crippen molar-refractivity contribution in [3.05, 3.63) is 35.9 Å². The number of likely N-dealkylation sites (tertiary alicyclic amines) is 1. The molecule has 2 atom stereocenters. The Morgan fingerprint density at radius 1 is 0.857 bits per heavy atom. The van der Waals surface area contributed by atoms with Crippen LogP contribution in [0, 0.1) is 17.8 Å². The van der Waals surface area contributed by atoms with Crippen LogP contribution in [0.4, 0.5) is 0 Å². The van der Waals surface area contributed by atoms with E-state index in [1.807, 2.05) is 15.9 Å². The van der Waals surface area contributed by atoms with Gasteiger partial charge in [0.25, 0.3) is 0 Å². The topological polar surface area (TPSA) is 60.9 Å². The van der Waals surface area contributed by atoms with Crippen LogP contribution < -0.4 is 0 Å². The van der Waals surface area contributed by atoms with Crippen molar-refractivity contribution in [2.24, 2.45) is 17.8 Å². The van der Waals surface area contributed by atoms with Crippen LogP contribution in [0.25, 0.3) is 0 Å². The van der Waals surface area contributed by atoms with E-state index >= 15 is 0 Å². The second-order valence-corrected chi connectivity index (χ2v) is 8.37. The van der Waals surface area contributed by atoms with Gasteiger partial charge in [0.05, 0.1) is 11.8 Å². The lowest BCUT2D eigenvalue weighted by molar-refractivity contribution is -0.140. The minimum Gasteiger partial charge on any atom is -0.342 e. The summed E-state index contributed by atoms with van der Waals surface area (Å²) in [5, 5.41) is 0. The van der Waals surface area contributed by atoms with E-state index in [0.717, 1.165) is 38.8 Å². The van der Waals surface area contributed by atoms with Crippen LogP contribution in [0.5, 0.6) is 0 Å². The molecule has 0 aromatic heterocycles. The van der Waals surface area contributed by atoms with Gasteiger partial charge in [-0.25, -0.2) is 0 Å². The van der Waals surface area contributed by atoms with Gasteiger partial charge in [0, 0.05) is 39.3 Å². The Labute approximate surface area is 166 Å². The van der Waals surface area contributed by atoms with Gasteiger partial charge in [0.2, 0.25) is 18.2 Å². The summed E-state index contributed by atoms with van der Waals surface area (Å²) < 4.78 is 0. The lowest BCUT2D eigenvalue weighted by Gasteiger charge is -2.33. The number of rotatable bonds is 5. The van der Waals surface area contributed by atoms with Crippen molar-refractivity contribution in [1.82, 2.24) is 14.7 Å². The normalized spacial score (nSPS) is 25.5. The largest absolute Gasteiger partial charge is 0.342 e. The Bertz CT molecular complexity index is 707. The van der Waals surface area contributed by atoms with Crippen molar-refractivity contribution in [2.45, 2.75) is 25.7 Å². The van der Waals surface area contributed by atoms with E-state index in [-0.39, 0.29) is 23.7 Å². The molecule has 6 nitrogen and oxygen atoms in total. The Hall–Kier alpha value is -2.37. The fourth-order valence-electron chi connectivity index (χ4n) is 4.56. The molecule has 0 spiro atoms. The lowest BCUT2D eigenvalue weighted by Crippen LogP contribution is -2.49. The molecule has 4 rings (SSSR count). The molecule has 150 valence electrons. The van der Waals surface area contributed by atoms with E-state index in [2.05, 4.69) is 24.3 Å². The summed E-state index contributed by atoms with van der Waals surface area (Å²) in [7, 11) is 0. The SMILES string of the molecule is O=CN1CCN(C(=O)C2CC2C(=O)N2CCC(Cc3ccccc3)CC2)CC1. The third-order valence-electron chi connectivity index (χ3n) is 6.49. The van der Waals surface area contributed by atoms with Gasteiger partial charge >= 0.3 is 0 Å². The number of benzene rings is 1. The summed E-state index contributed by atoms with van der Waals surface area (Å²) in [6.45, 7) is 3.97. The molecule has 1 aromatic rings. The van der Waals surface area contributed by atoms with Crippen molar-refractivity contribution in [1.29, 1.82) is 0 Å². The fourth-order valence-corrected chi connectivity index (χ4v) is 4.56. The van der Waals surface area contributed by atoms with Crippen molar-refractivity contribution in [2.75, 3.05) is 39.3 Å². The van der Waals surface area contributed by atoms with E-state index in [0.29, 0.717) is 38.5 Å². The van der Waals surface area contributed by atoms with Crippen LogP contribution in [0.3, 0.4) is 0 Å². The predicted octanol–water partition coefficient (Wildman–Crippen LogP) is 1.40. The molecule has 6 heteroatoms. The zero-order valence-electron chi connectivity index (χ0n) is 16.3. The Morgan fingerprint density at radius 3 is 2.00 bits per heavy atom. The second kappa shape index (κ2) is 8.33. The summed E-state index contributed by atoms with van der Waals surface area (Å²) in [6, 6.07) is 10.5. The molecule has 2 aliphatic heterocycles. The zero-order valence-corrected chi connectivity index (χ0v) is 16.3. The van der Waals surface area contributed by atoms with Gasteiger partial charge in [-0.15, -0.1) is 0 Å². The maximum atomic E-state index is 12.8. The summed E-state index contributed by atoms with van der Waals surface area (Å²) in [6.07, 6.45) is 4.70. The van der Waals surface area contributed by atoms with Gasteiger partial charge in [0.15, 0.2) is 0 Å². The Kier molecular flexibility index (Phi) is 5.64. The number of hydrogen-bond donors (Lipinski definition) is 0. The van der Waals surface area contributed by atoms with E-state index in [4.69, 9.17) is 0 Å². The Balaban J connectivity index is 1.22. The highest BCUT2D eigenvalue weighted by atomic mass is 16.2. The van der Waals surface area contributed by atoms with Gasteiger partial charge in [-0.05, 0) is 37.2 Å². The first-order valence-corrected chi connectivity index (χ1v) is 10.5. The van der Waals surface area contributed by atoms with Crippen LogP contribution in [0.15, 0.2) is 30.3 Å². The number of nitrogens with zero attached hydrogens (tertiary/aromatic N) is 3. The van der Waals surface area contributed by atoms with E-state index in [1.165, 1.54) is 5.56 Å². The van der Waals surface area contributed by atoms with E-state index < -0.39 is 0 Å². The molecule has 2 unspecified atom stereocenters. The maximum absolute atomic E-state index is 12.8. The van der Waals surface area contributed by atoms with E-state index in [1.54, 1.807) is 4.90 Å². The van der Waals surface area contributed by atoms with Gasteiger partial charge in [-0.2, -0.15) is 0 Å². The number of hydrogen-bond acceptors (Lipinski definition) is 3. The van der Waals surface area contributed by atoms with Gasteiger partial charge < -0.3 is 14.7 Å². The van der Waals surface area contributed by atoms with Crippen LogP contribution >= 0.6 is 0 Å². The first-order chi connectivity index (χ1) is 13.7. The molecular weight excluding hydrogens is 354 g/mol. The molecule has 28 heavy (non-hydrogen) atoms. The first-order valence-electron chi connectivity index (χ1n) is 10.5. The van der Waals surface area contributed by atoms with Gasteiger partial charge in [-0.1, -0.05) is 30.3 Å². The molecule has 0 N–H and O–H groups in total. The highest BCUT2D eigenvalue weighted by Crippen LogP contribution is 2.42. The molecule has 2 heterocycles. The summed E-state index contributed by atoms with van der Waals surface area (Å²) in [5.41, 5.74) is 1.37. The predicted molar refractivity (Wildman–Crippen MR) is 105 cm³/mol. The maximum Gasteiger partial charge on any atom is 0.226 e. The third-order valence-corrected chi connectivity index (χ3v) is 6.49. The standard InChI is InChI=1S/C22H29N3O3/c26-16-23-10-12-25(13-11-23)22(28)20-15-19(20)21(27)24-8-6-18(7-9-24)14-17-4-2-1-3-5-17/h1-5,16,18-20H,6-15H2. The van der Waals surface area contributed by atoms with E-state index in [9.17, 15) is 14.4 Å². The van der Waals surface area contributed by atoms with Crippen molar-refractivity contribution in [3.8, 4) is 0 Å². The molecule has 0 radical (unpaired) electrons. The van der Waals surface area contributed by atoms with Crippen molar-refractivity contribution < 1.29 is 14.4 Å². The Morgan fingerprint density at radius 2 is 1.43 bits per heavy atom. The highest BCUT2D eigenvalue weighted by molar-refractivity contribution is 5.92. The lowest BCUT2D eigenvalue weighted by atomic mass is 9.90. The van der Waals surface area contributed by atoms with Crippen molar-refractivity contribution >= 4 is 18.2 Å². The number of piperazine rings is 1. The molecule has 1 saturated carbocycles.